The van der Waals surface area contributed by atoms with E-state index >= 15 is 0 Å². The summed E-state index contributed by atoms with van der Waals surface area (Å²) in [5, 5.41) is 0. The lowest BCUT2D eigenvalue weighted by Gasteiger charge is -2.15. The first-order valence-electron chi connectivity index (χ1n) is 5.94. The van der Waals surface area contributed by atoms with Gasteiger partial charge in [-0.05, 0) is 19.3 Å². The molecule has 0 fully saturated rings. The molecule has 0 aromatic carbocycles. The predicted octanol–water partition coefficient (Wildman–Crippen LogP) is 1.30. The van der Waals surface area contributed by atoms with E-state index in [2.05, 4.69) is 6.58 Å². The molecule has 114 valence electrons. The van der Waals surface area contributed by atoms with Gasteiger partial charge in [0.2, 0.25) is 0 Å². The molecule has 0 bridgehead atoms. The van der Waals surface area contributed by atoms with Gasteiger partial charge in [-0.1, -0.05) is 12.5 Å². The van der Waals surface area contributed by atoms with E-state index in [0.717, 1.165) is 31.8 Å². The lowest BCUT2D eigenvalue weighted by Crippen LogP contribution is -2.20. The summed E-state index contributed by atoms with van der Waals surface area (Å²) in [6.45, 7) is 3.47. The maximum atomic E-state index is 10.9. The van der Waals surface area contributed by atoms with E-state index in [0.29, 0.717) is 6.42 Å². The van der Waals surface area contributed by atoms with Crippen LogP contribution in [-0.4, -0.2) is 42.6 Å². The van der Waals surface area contributed by atoms with Crippen molar-refractivity contribution in [3.8, 4) is 0 Å². The topological polar surface area (TPSA) is 86.7 Å². The lowest BCUT2D eigenvalue weighted by molar-refractivity contribution is 0.176. The standard InChI is InChI=1S/C11H22O6S2/c1-4-5-6-7-8-11(9-16-18(2,12)13)10-17-19(3,14)15/h4,11H,1,5-10H2,2-3H3. The van der Waals surface area contributed by atoms with Crippen LogP contribution in [0, 0.1) is 5.92 Å². The van der Waals surface area contributed by atoms with Crippen molar-refractivity contribution in [1.29, 1.82) is 0 Å². The van der Waals surface area contributed by atoms with Gasteiger partial charge in [0.25, 0.3) is 20.2 Å². The van der Waals surface area contributed by atoms with Gasteiger partial charge in [0.15, 0.2) is 0 Å². The zero-order valence-corrected chi connectivity index (χ0v) is 13.0. The molecule has 0 aliphatic carbocycles. The number of hydrogen-bond donors (Lipinski definition) is 0. The molecule has 0 rings (SSSR count). The molecule has 6 nitrogen and oxygen atoms in total. The second-order valence-electron chi connectivity index (χ2n) is 4.42. The van der Waals surface area contributed by atoms with Gasteiger partial charge in [0.1, 0.15) is 0 Å². The third kappa shape index (κ3) is 13.8. The lowest BCUT2D eigenvalue weighted by atomic mass is 10.0. The number of hydrogen-bond acceptors (Lipinski definition) is 6. The van der Waals surface area contributed by atoms with Crippen molar-refractivity contribution in [3.05, 3.63) is 12.7 Å². The maximum Gasteiger partial charge on any atom is 0.264 e. The van der Waals surface area contributed by atoms with Crippen LogP contribution < -0.4 is 0 Å². The zero-order chi connectivity index (χ0) is 14.9. The molecule has 0 radical (unpaired) electrons. The summed E-state index contributed by atoms with van der Waals surface area (Å²) in [4.78, 5) is 0. The third-order valence-corrected chi connectivity index (χ3v) is 3.43. The molecule has 0 aliphatic rings. The molecule has 0 aromatic heterocycles. The molecule has 0 saturated heterocycles. The molecular formula is C11H22O6S2. The smallest absolute Gasteiger partial charge is 0.264 e. The Bertz CT molecular complexity index is 416. The summed E-state index contributed by atoms with van der Waals surface area (Å²) >= 11 is 0. The van der Waals surface area contributed by atoms with E-state index in [1.807, 2.05) is 0 Å². The van der Waals surface area contributed by atoms with E-state index in [4.69, 9.17) is 8.37 Å². The van der Waals surface area contributed by atoms with E-state index < -0.39 is 20.2 Å². The second kappa shape index (κ2) is 8.68. The minimum atomic E-state index is -3.53. The molecule has 0 unspecified atom stereocenters. The zero-order valence-electron chi connectivity index (χ0n) is 11.4. The van der Waals surface area contributed by atoms with Gasteiger partial charge in [0.05, 0.1) is 25.7 Å². The van der Waals surface area contributed by atoms with Gasteiger partial charge in [0, 0.05) is 5.92 Å². The van der Waals surface area contributed by atoms with Crippen molar-refractivity contribution in [2.45, 2.75) is 25.7 Å². The molecule has 0 spiro atoms. The fraction of sp³-hybridized carbons (Fsp3) is 0.818. The first-order chi connectivity index (χ1) is 8.64. The van der Waals surface area contributed by atoms with Gasteiger partial charge in [-0.3, -0.25) is 8.37 Å². The summed E-state index contributed by atoms with van der Waals surface area (Å²) in [6, 6.07) is 0. The van der Waals surface area contributed by atoms with Crippen molar-refractivity contribution in [2.75, 3.05) is 25.7 Å². The Labute approximate surface area is 116 Å². The van der Waals surface area contributed by atoms with Gasteiger partial charge in [-0.2, -0.15) is 16.8 Å². The highest BCUT2D eigenvalue weighted by Crippen LogP contribution is 2.13. The average Bonchev–Trinajstić information content (AvgIpc) is 2.24. The Morgan fingerprint density at radius 1 is 1.00 bits per heavy atom. The molecule has 0 amide bonds. The molecular weight excluding hydrogens is 292 g/mol. The Kier molecular flexibility index (Phi) is 8.47. The van der Waals surface area contributed by atoms with Crippen molar-refractivity contribution in [3.63, 3.8) is 0 Å². The Balaban J connectivity index is 4.25. The van der Waals surface area contributed by atoms with Crippen LogP contribution in [0.15, 0.2) is 12.7 Å². The molecule has 0 atom stereocenters. The first-order valence-corrected chi connectivity index (χ1v) is 9.57. The van der Waals surface area contributed by atoms with Crippen LogP contribution in [0.3, 0.4) is 0 Å². The average molecular weight is 314 g/mol. The fourth-order valence-corrected chi connectivity index (χ4v) is 2.26. The van der Waals surface area contributed by atoms with E-state index in [1.165, 1.54) is 0 Å². The van der Waals surface area contributed by atoms with Crippen LogP contribution in [0.25, 0.3) is 0 Å². The van der Waals surface area contributed by atoms with Gasteiger partial charge < -0.3 is 0 Å². The highest BCUT2D eigenvalue weighted by Gasteiger charge is 2.15. The van der Waals surface area contributed by atoms with Gasteiger partial charge in [-0.25, -0.2) is 0 Å². The van der Waals surface area contributed by atoms with Crippen LogP contribution in [0.2, 0.25) is 0 Å². The van der Waals surface area contributed by atoms with Crippen LogP contribution in [-0.2, 0) is 28.6 Å². The molecule has 0 saturated carbocycles. The van der Waals surface area contributed by atoms with Crippen LogP contribution in [0.4, 0.5) is 0 Å². The monoisotopic (exact) mass is 314 g/mol. The molecule has 0 N–H and O–H groups in total. The highest BCUT2D eigenvalue weighted by molar-refractivity contribution is 7.86. The van der Waals surface area contributed by atoms with Gasteiger partial charge >= 0.3 is 0 Å². The third-order valence-electron chi connectivity index (χ3n) is 2.31. The summed E-state index contributed by atoms with van der Waals surface area (Å²) < 4.78 is 53.1. The number of allylic oxidation sites excluding steroid dienone is 1. The van der Waals surface area contributed by atoms with Gasteiger partial charge in [-0.15, -0.1) is 6.58 Å². The molecule has 0 heterocycles. The summed E-state index contributed by atoms with van der Waals surface area (Å²) in [5.74, 6) is -0.269. The summed E-state index contributed by atoms with van der Waals surface area (Å²) in [6.07, 6.45) is 6.97. The number of rotatable bonds is 11. The number of unbranched alkanes of at least 4 members (excludes halogenated alkanes) is 2. The molecule has 8 heteroatoms. The van der Waals surface area contributed by atoms with Crippen molar-refractivity contribution in [2.24, 2.45) is 5.92 Å². The van der Waals surface area contributed by atoms with E-state index in [9.17, 15) is 16.8 Å². The molecule has 0 aliphatic heterocycles. The molecule has 0 aromatic rings. The quantitative estimate of drug-likeness (QED) is 0.324. The minimum Gasteiger partial charge on any atom is -0.270 e. The first kappa shape index (κ1) is 18.6. The highest BCUT2D eigenvalue weighted by atomic mass is 32.2. The molecule has 19 heavy (non-hydrogen) atoms. The fourth-order valence-electron chi connectivity index (χ4n) is 1.38. The van der Waals surface area contributed by atoms with Crippen molar-refractivity contribution < 1.29 is 25.2 Å². The normalized spacial score (nSPS) is 12.8. The SMILES string of the molecule is C=CCCCCC(COS(C)(=O)=O)COS(C)(=O)=O. The maximum absolute atomic E-state index is 10.9. The van der Waals surface area contributed by atoms with Crippen LogP contribution in [0.1, 0.15) is 25.7 Å². The Morgan fingerprint density at radius 2 is 1.47 bits per heavy atom. The summed E-state index contributed by atoms with van der Waals surface area (Å²) in [5.41, 5.74) is 0. The Morgan fingerprint density at radius 3 is 1.84 bits per heavy atom. The second-order valence-corrected chi connectivity index (χ2v) is 7.70. The van der Waals surface area contributed by atoms with Crippen molar-refractivity contribution >= 4 is 20.2 Å². The predicted molar refractivity (Wildman–Crippen MR) is 73.7 cm³/mol. The van der Waals surface area contributed by atoms with Crippen molar-refractivity contribution in [1.82, 2.24) is 0 Å². The summed E-state index contributed by atoms with van der Waals surface area (Å²) in [7, 11) is -7.06. The van der Waals surface area contributed by atoms with Crippen LogP contribution >= 0.6 is 0 Å². The van der Waals surface area contributed by atoms with Crippen LogP contribution in [0.5, 0.6) is 0 Å². The Hall–Kier alpha value is -0.440. The van der Waals surface area contributed by atoms with E-state index in [1.54, 1.807) is 6.08 Å². The largest absolute Gasteiger partial charge is 0.270 e. The van der Waals surface area contributed by atoms with E-state index in [-0.39, 0.29) is 19.1 Å². The minimum absolute atomic E-state index is 0.0670.